The Hall–Kier alpha value is -2.43. The zero-order chi connectivity index (χ0) is 16.5. The van der Waals surface area contributed by atoms with Crippen molar-refractivity contribution in [2.75, 3.05) is 33.8 Å². The molecule has 0 saturated carbocycles. The Morgan fingerprint density at radius 1 is 1.26 bits per heavy atom. The van der Waals surface area contributed by atoms with Crippen molar-refractivity contribution < 1.29 is 9.15 Å². The molecule has 0 amide bonds. The van der Waals surface area contributed by atoms with Crippen LogP contribution in [0.4, 0.5) is 0 Å². The predicted molar refractivity (Wildman–Crippen MR) is 93.1 cm³/mol. The zero-order valence-electron chi connectivity index (χ0n) is 14.1. The van der Waals surface area contributed by atoms with Gasteiger partial charge in [0.25, 0.3) is 0 Å². The van der Waals surface area contributed by atoms with Gasteiger partial charge < -0.3 is 19.4 Å². The largest absolute Gasteiger partial charge is 0.492 e. The summed E-state index contributed by atoms with van der Waals surface area (Å²) < 4.78 is 11.1. The number of guanidine groups is 1. The maximum atomic E-state index is 5.75. The molecule has 0 fully saturated rings. The summed E-state index contributed by atoms with van der Waals surface area (Å²) in [5, 5.41) is 3.32. The van der Waals surface area contributed by atoms with Gasteiger partial charge in [0.1, 0.15) is 18.1 Å². The number of nitrogens with zero attached hydrogens (tertiary/aromatic N) is 2. The second-order valence-corrected chi connectivity index (χ2v) is 5.39. The van der Waals surface area contributed by atoms with E-state index in [1.54, 1.807) is 13.3 Å². The normalized spacial score (nSPS) is 11.3. The lowest BCUT2D eigenvalue weighted by molar-refractivity contribution is 0.281. The molecule has 5 heteroatoms. The molecule has 1 heterocycles. The monoisotopic (exact) mass is 315 g/mol. The van der Waals surface area contributed by atoms with E-state index in [-0.39, 0.29) is 0 Å². The second kappa shape index (κ2) is 8.88. The molecule has 0 bridgehead atoms. The van der Waals surface area contributed by atoms with Crippen molar-refractivity contribution in [2.24, 2.45) is 4.99 Å². The highest BCUT2D eigenvalue weighted by atomic mass is 16.5. The SMILES string of the molecule is CN=C(NCCc1ccco1)N(C)CCOc1ccc(C)cc1. The quantitative estimate of drug-likeness (QED) is 0.630. The summed E-state index contributed by atoms with van der Waals surface area (Å²) in [4.78, 5) is 6.34. The van der Waals surface area contributed by atoms with Gasteiger partial charge in [0.2, 0.25) is 0 Å². The number of nitrogens with one attached hydrogen (secondary N) is 1. The van der Waals surface area contributed by atoms with Crippen LogP contribution < -0.4 is 10.1 Å². The lowest BCUT2D eigenvalue weighted by Gasteiger charge is -2.22. The fourth-order valence-corrected chi connectivity index (χ4v) is 2.18. The van der Waals surface area contributed by atoms with Crippen LogP contribution in [0, 0.1) is 6.92 Å². The second-order valence-electron chi connectivity index (χ2n) is 5.39. The Labute approximate surface area is 138 Å². The summed E-state index contributed by atoms with van der Waals surface area (Å²) in [6, 6.07) is 12.0. The Morgan fingerprint density at radius 3 is 2.70 bits per heavy atom. The van der Waals surface area contributed by atoms with E-state index in [0.717, 1.165) is 37.0 Å². The number of likely N-dealkylation sites (N-methyl/N-ethyl adjacent to an activating group) is 1. The van der Waals surface area contributed by atoms with Crippen molar-refractivity contribution in [3.63, 3.8) is 0 Å². The average molecular weight is 315 g/mol. The molecule has 2 aromatic rings. The molecule has 0 aliphatic rings. The number of hydrogen-bond donors (Lipinski definition) is 1. The van der Waals surface area contributed by atoms with Crippen molar-refractivity contribution in [3.05, 3.63) is 54.0 Å². The first kappa shape index (κ1) is 16.9. The third-order valence-electron chi connectivity index (χ3n) is 3.52. The third kappa shape index (κ3) is 5.70. The first-order valence-electron chi connectivity index (χ1n) is 7.82. The highest BCUT2D eigenvalue weighted by Crippen LogP contribution is 2.11. The number of benzene rings is 1. The molecule has 0 radical (unpaired) electrons. The Morgan fingerprint density at radius 2 is 2.04 bits per heavy atom. The lowest BCUT2D eigenvalue weighted by Crippen LogP contribution is -2.41. The smallest absolute Gasteiger partial charge is 0.193 e. The van der Waals surface area contributed by atoms with E-state index >= 15 is 0 Å². The van der Waals surface area contributed by atoms with Crippen LogP contribution in [0.3, 0.4) is 0 Å². The van der Waals surface area contributed by atoms with Crippen molar-refractivity contribution >= 4 is 5.96 Å². The molecular formula is C18H25N3O2. The number of ether oxygens (including phenoxy) is 1. The Bertz CT molecular complexity index is 591. The molecular weight excluding hydrogens is 290 g/mol. The number of aliphatic imine (C=N–C) groups is 1. The molecule has 0 aliphatic carbocycles. The standard InChI is InChI=1S/C18H25N3O2/c1-15-6-8-17(9-7-15)23-14-12-21(3)18(19-2)20-11-10-16-5-4-13-22-16/h4-9,13H,10-12,14H2,1-3H3,(H,19,20). The maximum Gasteiger partial charge on any atom is 0.193 e. The molecule has 2 rings (SSSR count). The van der Waals surface area contributed by atoms with E-state index in [1.165, 1.54) is 5.56 Å². The van der Waals surface area contributed by atoms with Gasteiger partial charge in [0.15, 0.2) is 5.96 Å². The Kier molecular flexibility index (Phi) is 6.54. The number of furan rings is 1. The van der Waals surface area contributed by atoms with Gasteiger partial charge in [-0.25, -0.2) is 0 Å². The minimum absolute atomic E-state index is 0.610. The summed E-state index contributed by atoms with van der Waals surface area (Å²) in [6.07, 6.45) is 2.53. The van der Waals surface area contributed by atoms with Gasteiger partial charge in [-0.1, -0.05) is 17.7 Å². The minimum Gasteiger partial charge on any atom is -0.492 e. The average Bonchev–Trinajstić information content (AvgIpc) is 3.06. The van der Waals surface area contributed by atoms with Gasteiger partial charge >= 0.3 is 0 Å². The van der Waals surface area contributed by atoms with Crippen LogP contribution in [0.15, 0.2) is 52.1 Å². The molecule has 1 aromatic carbocycles. The molecule has 23 heavy (non-hydrogen) atoms. The first-order valence-corrected chi connectivity index (χ1v) is 7.82. The number of hydrogen-bond acceptors (Lipinski definition) is 3. The number of aryl methyl sites for hydroxylation is 1. The van der Waals surface area contributed by atoms with Gasteiger partial charge in [-0.15, -0.1) is 0 Å². The van der Waals surface area contributed by atoms with Crippen LogP contribution in [0.1, 0.15) is 11.3 Å². The summed E-state index contributed by atoms with van der Waals surface area (Å²) >= 11 is 0. The van der Waals surface area contributed by atoms with Gasteiger partial charge in [-0.3, -0.25) is 4.99 Å². The zero-order valence-corrected chi connectivity index (χ0v) is 14.1. The van der Waals surface area contributed by atoms with E-state index in [1.807, 2.05) is 43.4 Å². The van der Waals surface area contributed by atoms with E-state index in [0.29, 0.717) is 6.61 Å². The molecule has 0 aliphatic heterocycles. The van der Waals surface area contributed by atoms with E-state index in [9.17, 15) is 0 Å². The predicted octanol–water partition coefficient (Wildman–Crippen LogP) is 2.72. The van der Waals surface area contributed by atoms with Crippen LogP contribution >= 0.6 is 0 Å². The topological polar surface area (TPSA) is 50.0 Å². The summed E-state index contributed by atoms with van der Waals surface area (Å²) in [7, 11) is 3.79. The van der Waals surface area contributed by atoms with Crippen LogP contribution in [0.2, 0.25) is 0 Å². The summed E-state index contributed by atoms with van der Waals surface area (Å²) in [5.74, 6) is 2.71. The molecule has 0 spiro atoms. The van der Waals surface area contributed by atoms with Crippen LogP contribution in [0.5, 0.6) is 5.75 Å². The Balaban J connectivity index is 1.69. The highest BCUT2D eigenvalue weighted by molar-refractivity contribution is 5.79. The van der Waals surface area contributed by atoms with E-state index in [4.69, 9.17) is 9.15 Å². The van der Waals surface area contributed by atoms with Crippen molar-refractivity contribution in [1.82, 2.24) is 10.2 Å². The van der Waals surface area contributed by atoms with E-state index < -0.39 is 0 Å². The summed E-state index contributed by atoms with van der Waals surface area (Å²) in [5.41, 5.74) is 1.23. The van der Waals surface area contributed by atoms with Crippen molar-refractivity contribution in [2.45, 2.75) is 13.3 Å². The summed E-state index contributed by atoms with van der Waals surface area (Å²) in [6.45, 7) is 4.21. The van der Waals surface area contributed by atoms with Gasteiger partial charge in [-0.2, -0.15) is 0 Å². The van der Waals surface area contributed by atoms with Crippen molar-refractivity contribution in [3.8, 4) is 5.75 Å². The maximum absolute atomic E-state index is 5.75. The lowest BCUT2D eigenvalue weighted by atomic mass is 10.2. The van der Waals surface area contributed by atoms with Crippen LogP contribution in [-0.2, 0) is 6.42 Å². The third-order valence-corrected chi connectivity index (χ3v) is 3.52. The molecule has 1 N–H and O–H groups in total. The molecule has 0 unspecified atom stereocenters. The molecule has 0 atom stereocenters. The van der Waals surface area contributed by atoms with E-state index in [2.05, 4.69) is 22.1 Å². The molecule has 0 saturated heterocycles. The molecule has 124 valence electrons. The van der Waals surface area contributed by atoms with Crippen molar-refractivity contribution in [1.29, 1.82) is 0 Å². The van der Waals surface area contributed by atoms with Crippen LogP contribution in [0.25, 0.3) is 0 Å². The fraction of sp³-hybridized carbons (Fsp3) is 0.389. The first-order chi connectivity index (χ1) is 11.2. The number of rotatable bonds is 7. The van der Waals surface area contributed by atoms with Gasteiger partial charge in [0.05, 0.1) is 12.8 Å². The minimum atomic E-state index is 0.610. The molecule has 5 nitrogen and oxygen atoms in total. The van der Waals surface area contributed by atoms with Crippen LogP contribution in [-0.4, -0.2) is 44.7 Å². The van der Waals surface area contributed by atoms with Gasteiger partial charge in [0, 0.05) is 27.1 Å². The molecule has 1 aromatic heterocycles. The highest BCUT2D eigenvalue weighted by Gasteiger charge is 2.06. The van der Waals surface area contributed by atoms with Gasteiger partial charge in [-0.05, 0) is 31.2 Å². The fourth-order valence-electron chi connectivity index (χ4n) is 2.18.